The highest BCUT2D eigenvalue weighted by atomic mass is 35.5. The molecule has 0 saturated carbocycles. The molecular weight excluding hydrogens is 471 g/mol. The molecule has 0 saturated heterocycles. The monoisotopic (exact) mass is 488 g/mol. The second-order valence-corrected chi connectivity index (χ2v) is 8.99. The van der Waals surface area contributed by atoms with Gasteiger partial charge in [-0.3, -0.25) is 4.72 Å². The molecule has 0 aliphatic heterocycles. The Bertz CT molecular complexity index is 1450. The Morgan fingerprint density at radius 1 is 1.09 bits per heavy atom. The summed E-state index contributed by atoms with van der Waals surface area (Å²) in [6.07, 6.45) is 0.550. The van der Waals surface area contributed by atoms with E-state index >= 15 is 0 Å². The van der Waals surface area contributed by atoms with Crippen molar-refractivity contribution in [1.29, 1.82) is 0 Å². The van der Waals surface area contributed by atoms with E-state index in [9.17, 15) is 12.8 Å². The zero-order valence-corrected chi connectivity index (χ0v) is 19.1. The molecule has 0 spiro atoms. The van der Waals surface area contributed by atoms with Crippen LogP contribution in [0, 0.1) is 6.08 Å². The second kappa shape index (κ2) is 9.26. The molecule has 2 aromatic carbocycles. The van der Waals surface area contributed by atoms with Gasteiger partial charge in [-0.2, -0.15) is 9.37 Å². The van der Waals surface area contributed by atoms with Crippen LogP contribution in [0.1, 0.15) is 5.56 Å². The Balaban J connectivity index is 1.75. The maximum atomic E-state index is 13.6. The third-order valence-electron chi connectivity index (χ3n) is 4.76. The summed E-state index contributed by atoms with van der Waals surface area (Å²) in [7, 11) is -1.01. The van der Waals surface area contributed by atoms with E-state index in [1.54, 1.807) is 30.3 Å². The van der Waals surface area contributed by atoms with E-state index in [-0.39, 0.29) is 28.2 Å². The molecule has 4 rings (SSSR count). The number of benzene rings is 2. The number of rotatable bonds is 7. The van der Waals surface area contributed by atoms with E-state index in [1.165, 1.54) is 38.6 Å². The van der Waals surface area contributed by atoms with Crippen molar-refractivity contribution in [2.24, 2.45) is 0 Å². The Morgan fingerprint density at radius 2 is 1.88 bits per heavy atom. The van der Waals surface area contributed by atoms with Crippen LogP contribution in [0.5, 0.6) is 5.88 Å². The molecule has 0 bridgehead atoms. The smallest absolute Gasteiger partial charge is 0.309 e. The molecule has 2 heterocycles. The standard InChI is InChI=1S/C22H18ClFN4O4S/c1-31-12-15-10-13(9-14-11-25-22(24)27-20(14)15)16-7-8-19(26-21(16)32-2)28-33(29,30)18-6-4-3-5-17(18)23/h3-11H,12H2,1-2H3,(H,26,28). The van der Waals surface area contributed by atoms with E-state index < -0.39 is 16.1 Å². The van der Waals surface area contributed by atoms with Gasteiger partial charge >= 0.3 is 6.08 Å². The van der Waals surface area contributed by atoms with Gasteiger partial charge in [-0.1, -0.05) is 23.7 Å². The number of ether oxygens (including phenoxy) is 2. The topological polar surface area (TPSA) is 103 Å². The molecule has 11 heteroatoms. The van der Waals surface area contributed by atoms with Gasteiger partial charge in [0.15, 0.2) is 0 Å². The van der Waals surface area contributed by atoms with Crippen molar-refractivity contribution in [2.75, 3.05) is 18.9 Å². The van der Waals surface area contributed by atoms with Crippen LogP contribution < -0.4 is 9.46 Å². The minimum Gasteiger partial charge on any atom is -0.480 e. The van der Waals surface area contributed by atoms with Crippen LogP contribution in [0.4, 0.5) is 10.2 Å². The van der Waals surface area contributed by atoms with E-state index in [0.717, 1.165) is 0 Å². The summed E-state index contributed by atoms with van der Waals surface area (Å²) in [5, 5.41) is 0.695. The fraction of sp³-hybridized carbons (Fsp3) is 0.136. The first-order valence-corrected chi connectivity index (χ1v) is 11.5. The van der Waals surface area contributed by atoms with Gasteiger partial charge in [-0.15, -0.1) is 0 Å². The first kappa shape index (κ1) is 22.8. The lowest BCUT2D eigenvalue weighted by molar-refractivity contribution is 0.186. The average molecular weight is 489 g/mol. The Labute approximate surface area is 194 Å². The van der Waals surface area contributed by atoms with Crippen molar-refractivity contribution in [2.45, 2.75) is 11.5 Å². The molecule has 0 radical (unpaired) electrons. The number of anilines is 1. The third-order valence-corrected chi connectivity index (χ3v) is 6.62. The summed E-state index contributed by atoms with van der Waals surface area (Å²) >= 11 is 6.03. The molecule has 0 amide bonds. The summed E-state index contributed by atoms with van der Waals surface area (Å²) in [4.78, 5) is 11.7. The summed E-state index contributed by atoms with van der Waals surface area (Å²) in [6, 6.07) is 12.8. The highest BCUT2D eigenvalue weighted by molar-refractivity contribution is 7.92. The maximum absolute atomic E-state index is 13.6. The number of methoxy groups -OCH3 is 2. The molecule has 1 N–H and O–H groups in total. The lowest BCUT2D eigenvalue weighted by Crippen LogP contribution is -2.14. The van der Waals surface area contributed by atoms with Crippen molar-refractivity contribution >= 4 is 38.3 Å². The van der Waals surface area contributed by atoms with Gasteiger partial charge in [0.25, 0.3) is 10.0 Å². The number of halogens is 2. The van der Waals surface area contributed by atoms with Crippen LogP contribution in [-0.4, -0.2) is 37.6 Å². The van der Waals surface area contributed by atoms with E-state index in [1.807, 2.05) is 0 Å². The van der Waals surface area contributed by atoms with Crippen LogP contribution in [0.3, 0.4) is 0 Å². The molecule has 0 unspecified atom stereocenters. The number of pyridine rings is 1. The molecule has 2 aromatic heterocycles. The average Bonchev–Trinajstić information content (AvgIpc) is 2.79. The predicted molar refractivity (Wildman–Crippen MR) is 122 cm³/mol. The normalized spacial score (nSPS) is 11.5. The second-order valence-electron chi connectivity index (χ2n) is 6.93. The van der Waals surface area contributed by atoms with Crippen molar-refractivity contribution in [3.63, 3.8) is 0 Å². The number of nitrogens with zero attached hydrogens (tertiary/aromatic N) is 3. The minimum absolute atomic E-state index is 0.0545. The summed E-state index contributed by atoms with van der Waals surface area (Å²) in [6.45, 7) is 0.201. The van der Waals surface area contributed by atoms with E-state index in [2.05, 4.69) is 19.7 Å². The Kier molecular flexibility index (Phi) is 6.41. The predicted octanol–water partition coefficient (Wildman–Crippen LogP) is 4.44. The van der Waals surface area contributed by atoms with Gasteiger partial charge in [0.2, 0.25) is 5.88 Å². The zero-order valence-electron chi connectivity index (χ0n) is 17.5. The molecule has 33 heavy (non-hydrogen) atoms. The first-order valence-electron chi connectivity index (χ1n) is 9.59. The quantitative estimate of drug-likeness (QED) is 0.383. The van der Waals surface area contributed by atoms with Gasteiger partial charge in [0.1, 0.15) is 10.7 Å². The maximum Gasteiger partial charge on any atom is 0.309 e. The molecule has 170 valence electrons. The highest BCUT2D eigenvalue weighted by Crippen LogP contribution is 2.34. The van der Waals surface area contributed by atoms with Gasteiger partial charge in [-0.25, -0.2) is 18.4 Å². The molecule has 0 atom stereocenters. The van der Waals surface area contributed by atoms with Crippen molar-refractivity contribution in [3.05, 3.63) is 71.4 Å². The Hall–Kier alpha value is -3.34. The number of aromatic nitrogens is 3. The summed E-state index contributed by atoms with van der Waals surface area (Å²) in [5.41, 5.74) is 2.36. The largest absolute Gasteiger partial charge is 0.480 e. The third kappa shape index (κ3) is 4.72. The van der Waals surface area contributed by atoms with Gasteiger partial charge in [-0.05, 0) is 42.0 Å². The van der Waals surface area contributed by atoms with E-state index in [0.29, 0.717) is 27.6 Å². The summed E-state index contributed by atoms with van der Waals surface area (Å²) in [5.74, 6) is 0.235. The van der Waals surface area contributed by atoms with Gasteiger partial charge in [0.05, 0.1) is 24.3 Å². The SMILES string of the molecule is COCc1cc(-c2ccc(NS(=O)(=O)c3ccccc3Cl)nc2OC)cc2cnc(F)nc12. The fourth-order valence-electron chi connectivity index (χ4n) is 3.35. The lowest BCUT2D eigenvalue weighted by Gasteiger charge is -2.14. The van der Waals surface area contributed by atoms with Gasteiger partial charge < -0.3 is 9.47 Å². The molecule has 0 aliphatic carbocycles. The first-order chi connectivity index (χ1) is 15.8. The fourth-order valence-corrected chi connectivity index (χ4v) is 4.87. The van der Waals surface area contributed by atoms with Crippen molar-refractivity contribution in [3.8, 4) is 17.0 Å². The van der Waals surface area contributed by atoms with Crippen molar-refractivity contribution in [1.82, 2.24) is 15.0 Å². The van der Waals surface area contributed by atoms with Crippen LogP contribution in [0.15, 0.2) is 59.6 Å². The molecular formula is C22H18ClFN4O4S. The van der Waals surface area contributed by atoms with E-state index in [4.69, 9.17) is 21.1 Å². The molecule has 0 aliphatic rings. The Morgan fingerprint density at radius 3 is 2.61 bits per heavy atom. The highest BCUT2D eigenvalue weighted by Gasteiger charge is 2.20. The number of hydrogen-bond acceptors (Lipinski definition) is 7. The number of fused-ring (bicyclic) bond motifs is 1. The molecule has 8 nitrogen and oxygen atoms in total. The number of hydrogen-bond donors (Lipinski definition) is 1. The van der Waals surface area contributed by atoms with Gasteiger partial charge in [0, 0.05) is 29.8 Å². The summed E-state index contributed by atoms with van der Waals surface area (Å²) < 4.78 is 52.1. The molecule has 4 aromatic rings. The van der Waals surface area contributed by atoms with Crippen molar-refractivity contribution < 1.29 is 22.3 Å². The number of sulfonamides is 1. The van der Waals surface area contributed by atoms with Crippen LogP contribution in [0.25, 0.3) is 22.0 Å². The lowest BCUT2D eigenvalue weighted by atomic mass is 10.0. The number of nitrogens with one attached hydrogen (secondary N) is 1. The van der Waals surface area contributed by atoms with Crippen LogP contribution in [-0.2, 0) is 21.4 Å². The minimum atomic E-state index is -3.96. The molecule has 0 fully saturated rings. The van der Waals surface area contributed by atoms with Crippen LogP contribution in [0.2, 0.25) is 5.02 Å². The zero-order chi connectivity index (χ0) is 23.6. The van der Waals surface area contributed by atoms with Crippen LogP contribution >= 0.6 is 11.6 Å².